The Balaban J connectivity index is 0. The van der Waals surface area contributed by atoms with Gasteiger partial charge < -0.3 is 14.3 Å². The molecule has 1 saturated heterocycles. The van der Waals surface area contributed by atoms with E-state index in [4.69, 9.17) is 25.9 Å². The summed E-state index contributed by atoms with van der Waals surface area (Å²) in [6.45, 7) is 9.32. The zero-order chi connectivity index (χ0) is 10.7. The number of hydrogen-bond donors (Lipinski definition) is 0. The van der Waals surface area contributed by atoms with Crippen LogP contribution in [0.2, 0.25) is 0 Å². The van der Waals surface area contributed by atoms with Crippen LogP contribution in [0.25, 0.3) is 0 Å². The number of alkyl halides is 1. The van der Waals surface area contributed by atoms with Crippen molar-refractivity contribution in [1.82, 2.24) is 0 Å². The van der Waals surface area contributed by atoms with Gasteiger partial charge in [-0.25, -0.2) is 0 Å². The Kier molecular flexibility index (Phi) is 11.8. The lowest BCUT2D eigenvalue weighted by Crippen LogP contribution is -2.18. The summed E-state index contributed by atoms with van der Waals surface area (Å²) in [6.07, 6.45) is 0.640. The Morgan fingerprint density at radius 3 is 1.69 bits per heavy atom. The summed E-state index contributed by atoms with van der Waals surface area (Å²) in [5.41, 5.74) is 0. The molecule has 0 bridgehead atoms. The molecule has 1 heterocycles. The van der Waals surface area contributed by atoms with Crippen molar-refractivity contribution in [2.24, 2.45) is 0 Å². The minimum Gasteiger partial charge on any atom is -0.348 e. The molecule has 0 saturated carbocycles. The van der Waals surface area contributed by atoms with Crippen molar-refractivity contribution in [1.29, 1.82) is 0 Å². The van der Waals surface area contributed by atoms with Crippen molar-refractivity contribution in [3.63, 3.8) is 0 Å². The molecule has 0 atom stereocenters. The maximum atomic E-state index is 9.04. The number of ether oxygens (including phenoxy) is 2. The number of carbonyl (C=O) groups excluding carboxylic acids is 1. The molecule has 0 aromatic heterocycles. The van der Waals surface area contributed by atoms with Gasteiger partial charge in [-0.2, -0.15) is 0 Å². The maximum absolute atomic E-state index is 9.04. The quantitative estimate of drug-likeness (QED) is 0.492. The average molecular weight is 211 g/mol. The van der Waals surface area contributed by atoms with Gasteiger partial charge in [0.15, 0.2) is 5.79 Å². The molecule has 0 radical (unpaired) electrons. The van der Waals surface area contributed by atoms with Crippen molar-refractivity contribution < 1.29 is 14.3 Å². The largest absolute Gasteiger partial charge is 0.348 e. The monoisotopic (exact) mass is 210 g/mol. The summed E-state index contributed by atoms with van der Waals surface area (Å²) >= 11 is 4.82. The molecule has 4 heteroatoms. The molecule has 80 valence electrons. The SMILES string of the molecule is CC.CC1(C)OCCO1.O=CCCl. The summed E-state index contributed by atoms with van der Waals surface area (Å²) < 4.78 is 10.2. The minimum atomic E-state index is -0.306. The fraction of sp³-hybridized carbons (Fsp3) is 0.889. The number of hydrogen-bond acceptors (Lipinski definition) is 3. The van der Waals surface area contributed by atoms with Crippen LogP contribution in [0.1, 0.15) is 27.7 Å². The van der Waals surface area contributed by atoms with Gasteiger partial charge in [-0.1, -0.05) is 13.8 Å². The Hall–Kier alpha value is -0.120. The second kappa shape index (κ2) is 9.96. The van der Waals surface area contributed by atoms with Gasteiger partial charge in [0.25, 0.3) is 0 Å². The first-order valence-electron chi connectivity index (χ1n) is 4.40. The van der Waals surface area contributed by atoms with Crippen LogP contribution >= 0.6 is 11.6 Å². The highest BCUT2D eigenvalue weighted by Crippen LogP contribution is 2.15. The van der Waals surface area contributed by atoms with Crippen molar-refractivity contribution in [3.05, 3.63) is 0 Å². The van der Waals surface area contributed by atoms with E-state index in [9.17, 15) is 0 Å². The summed E-state index contributed by atoms with van der Waals surface area (Å²) in [5.74, 6) is -0.194. The first-order valence-corrected chi connectivity index (χ1v) is 4.93. The fourth-order valence-electron chi connectivity index (χ4n) is 0.617. The molecule has 3 nitrogen and oxygen atoms in total. The van der Waals surface area contributed by atoms with Gasteiger partial charge in [-0.3, -0.25) is 0 Å². The summed E-state index contributed by atoms with van der Waals surface area (Å²) in [7, 11) is 0. The highest BCUT2D eigenvalue weighted by Gasteiger charge is 2.23. The van der Waals surface area contributed by atoms with Crippen molar-refractivity contribution in [3.8, 4) is 0 Å². The van der Waals surface area contributed by atoms with Crippen LogP contribution in [0.4, 0.5) is 0 Å². The van der Waals surface area contributed by atoms with E-state index in [0.717, 1.165) is 13.2 Å². The Morgan fingerprint density at radius 1 is 1.31 bits per heavy atom. The Morgan fingerprint density at radius 2 is 1.62 bits per heavy atom. The lowest BCUT2D eigenvalue weighted by Gasteiger charge is -2.13. The Bertz CT molecular complexity index is 107. The number of halogens is 1. The molecule has 0 spiro atoms. The predicted octanol–water partition coefficient (Wildman–Crippen LogP) is 2.22. The van der Waals surface area contributed by atoms with E-state index in [0.29, 0.717) is 6.29 Å². The zero-order valence-corrected chi connectivity index (χ0v) is 9.56. The van der Waals surface area contributed by atoms with Crippen LogP contribution in [0.15, 0.2) is 0 Å². The van der Waals surface area contributed by atoms with Crippen molar-refractivity contribution in [2.75, 3.05) is 19.1 Å². The second-order valence-electron chi connectivity index (χ2n) is 2.42. The zero-order valence-electron chi connectivity index (χ0n) is 8.80. The molecule has 1 aliphatic heterocycles. The minimum absolute atomic E-state index is 0.111. The van der Waals surface area contributed by atoms with E-state index in [1.54, 1.807) is 0 Å². The standard InChI is InChI=1S/C5H10O2.C2H3ClO.C2H6/c1-5(2)6-3-4-7-5;3-1-2-4;1-2/h3-4H2,1-2H3;2H,1H2;1-2H3. The van der Waals surface area contributed by atoms with Crippen molar-refractivity contribution in [2.45, 2.75) is 33.5 Å². The van der Waals surface area contributed by atoms with Gasteiger partial charge in [-0.15, -0.1) is 11.6 Å². The average Bonchev–Trinajstić information content (AvgIpc) is 2.54. The molecule has 1 rings (SSSR count). The summed E-state index contributed by atoms with van der Waals surface area (Å²) in [6, 6.07) is 0. The first kappa shape index (κ1) is 15.4. The molecule has 0 N–H and O–H groups in total. The third-order valence-electron chi connectivity index (χ3n) is 1.05. The number of carbonyl (C=O) groups is 1. The van der Waals surface area contributed by atoms with Gasteiger partial charge >= 0.3 is 0 Å². The summed E-state index contributed by atoms with van der Waals surface area (Å²) in [4.78, 5) is 9.04. The first-order chi connectivity index (χ1) is 6.12. The lowest BCUT2D eigenvalue weighted by molar-refractivity contribution is -0.125. The molecule has 0 aromatic carbocycles. The highest BCUT2D eigenvalue weighted by molar-refractivity contribution is 6.24. The molecule has 0 unspecified atom stereocenters. The second-order valence-corrected chi connectivity index (χ2v) is 2.73. The van der Waals surface area contributed by atoms with E-state index in [2.05, 4.69) is 0 Å². The predicted molar refractivity (Wildman–Crippen MR) is 54.1 cm³/mol. The third kappa shape index (κ3) is 11.9. The topological polar surface area (TPSA) is 35.5 Å². The molecule has 0 aromatic rings. The van der Waals surface area contributed by atoms with Gasteiger partial charge in [0.1, 0.15) is 6.29 Å². The molecule has 0 amide bonds. The number of aldehydes is 1. The Labute approximate surface area is 85.4 Å². The van der Waals surface area contributed by atoms with E-state index >= 15 is 0 Å². The fourth-order valence-corrected chi connectivity index (χ4v) is 0.617. The van der Waals surface area contributed by atoms with Crippen LogP contribution < -0.4 is 0 Å². The molecule has 0 aliphatic carbocycles. The van der Waals surface area contributed by atoms with E-state index < -0.39 is 0 Å². The maximum Gasteiger partial charge on any atom is 0.162 e. The smallest absolute Gasteiger partial charge is 0.162 e. The lowest BCUT2D eigenvalue weighted by atomic mass is 10.4. The summed E-state index contributed by atoms with van der Waals surface area (Å²) in [5, 5.41) is 0. The van der Waals surface area contributed by atoms with Gasteiger partial charge in [0.2, 0.25) is 0 Å². The van der Waals surface area contributed by atoms with E-state index in [1.165, 1.54) is 0 Å². The van der Waals surface area contributed by atoms with E-state index in [1.807, 2.05) is 27.7 Å². The van der Waals surface area contributed by atoms with Crippen LogP contribution in [-0.2, 0) is 14.3 Å². The number of rotatable bonds is 1. The highest BCUT2D eigenvalue weighted by atomic mass is 35.5. The van der Waals surface area contributed by atoms with Crippen molar-refractivity contribution >= 4 is 17.9 Å². The molecular weight excluding hydrogens is 192 g/mol. The van der Waals surface area contributed by atoms with Gasteiger partial charge in [0, 0.05) is 0 Å². The molecule has 1 fully saturated rings. The van der Waals surface area contributed by atoms with Gasteiger partial charge in [-0.05, 0) is 13.8 Å². The van der Waals surface area contributed by atoms with Gasteiger partial charge in [0.05, 0.1) is 19.1 Å². The normalized spacial score (nSPS) is 17.6. The van der Waals surface area contributed by atoms with Crippen LogP contribution in [0, 0.1) is 0 Å². The molecular formula is C9H19ClO3. The molecule has 13 heavy (non-hydrogen) atoms. The van der Waals surface area contributed by atoms with E-state index in [-0.39, 0.29) is 11.7 Å². The van der Waals surface area contributed by atoms with Crippen LogP contribution in [0.3, 0.4) is 0 Å². The third-order valence-corrected chi connectivity index (χ3v) is 1.17. The molecule has 1 aliphatic rings. The van der Waals surface area contributed by atoms with Crippen LogP contribution in [-0.4, -0.2) is 31.2 Å². The van der Waals surface area contributed by atoms with Crippen LogP contribution in [0.5, 0.6) is 0 Å².